The van der Waals surface area contributed by atoms with E-state index in [2.05, 4.69) is 36.6 Å². The third kappa shape index (κ3) is 2.99. The topological polar surface area (TPSA) is 78.5 Å². The van der Waals surface area contributed by atoms with Crippen molar-refractivity contribution in [2.75, 3.05) is 24.7 Å². The second-order valence-corrected chi connectivity index (χ2v) is 5.48. The Morgan fingerprint density at radius 3 is 2.59 bits per heavy atom. The molecule has 0 saturated carbocycles. The van der Waals surface area contributed by atoms with Crippen LogP contribution in [-0.2, 0) is 0 Å². The Labute approximate surface area is 131 Å². The van der Waals surface area contributed by atoms with Gasteiger partial charge in [0.2, 0.25) is 5.95 Å². The number of rotatable bonds is 2. The number of para-hydroxylation sites is 1. The van der Waals surface area contributed by atoms with Crippen LogP contribution in [0.15, 0.2) is 42.6 Å². The van der Waals surface area contributed by atoms with E-state index >= 15 is 0 Å². The van der Waals surface area contributed by atoms with E-state index in [4.69, 9.17) is 0 Å². The number of hydrogen-bond donors (Lipinski definition) is 3. The molecule has 0 fully saturated rings. The molecule has 22 heavy (non-hydrogen) atoms. The zero-order valence-corrected chi connectivity index (χ0v) is 13.1. The van der Waals surface area contributed by atoms with Gasteiger partial charge in [0.1, 0.15) is 0 Å². The summed E-state index contributed by atoms with van der Waals surface area (Å²) >= 11 is 1.68. The molecule has 0 spiro atoms. The molecule has 4 aromatic rings. The van der Waals surface area contributed by atoms with Crippen LogP contribution >= 0.6 is 11.3 Å². The van der Waals surface area contributed by atoms with Gasteiger partial charge in [0.25, 0.3) is 0 Å². The molecule has 112 valence electrons. The summed E-state index contributed by atoms with van der Waals surface area (Å²) in [6, 6.07) is 11.9. The van der Waals surface area contributed by atoms with Crippen LogP contribution in [-0.4, -0.2) is 34.0 Å². The van der Waals surface area contributed by atoms with Crippen molar-refractivity contribution >= 4 is 43.8 Å². The van der Waals surface area contributed by atoms with Crippen molar-refractivity contribution in [3.05, 3.63) is 42.6 Å². The number of aromatic nitrogens is 4. The summed E-state index contributed by atoms with van der Waals surface area (Å²) in [4.78, 5) is 15.6. The van der Waals surface area contributed by atoms with Gasteiger partial charge in [-0.05, 0) is 24.3 Å². The predicted octanol–water partition coefficient (Wildman–Crippen LogP) is 3.34. The molecule has 0 unspecified atom stereocenters. The van der Waals surface area contributed by atoms with Crippen molar-refractivity contribution in [1.29, 1.82) is 0 Å². The van der Waals surface area contributed by atoms with Crippen LogP contribution in [0.2, 0.25) is 0 Å². The number of nitrogens with one attached hydrogen (secondary N) is 3. The Hall–Kier alpha value is -2.67. The summed E-state index contributed by atoms with van der Waals surface area (Å²) in [6.45, 7) is 0. The van der Waals surface area contributed by atoms with Crippen molar-refractivity contribution in [2.24, 2.45) is 0 Å². The van der Waals surface area contributed by atoms with Gasteiger partial charge in [-0.3, -0.25) is 0 Å². The van der Waals surface area contributed by atoms with E-state index in [0.29, 0.717) is 0 Å². The third-order valence-corrected chi connectivity index (χ3v) is 4.06. The highest BCUT2D eigenvalue weighted by Gasteiger charge is 1.99. The van der Waals surface area contributed by atoms with Crippen molar-refractivity contribution in [3.63, 3.8) is 0 Å². The largest absolute Gasteiger partial charge is 0.365 e. The van der Waals surface area contributed by atoms with Gasteiger partial charge in [0.05, 0.1) is 15.7 Å². The SMILES string of the molecule is CNc1nc2ccccc2s1.CNc1nc2ncccc2[nH]1. The summed E-state index contributed by atoms with van der Waals surface area (Å²) in [7, 11) is 3.70. The molecule has 1 aromatic carbocycles. The Bertz CT molecular complexity index is 742. The number of fused-ring (bicyclic) bond motifs is 2. The lowest BCUT2D eigenvalue weighted by molar-refractivity contribution is 1.26. The maximum atomic E-state index is 4.34. The van der Waals surface area contributed by atoms with Crippen molar-refractivity contribution < 1.29 is 0 Å². The van der Waals surface area contributed by atoms with Crippen LogP contribution in [0.4, 0.5) is 11.1 Å². The molecule has 0 radical (unpaired) electrons. The number of imidazole rings is 1. The van der Waals surface area contributed by atoms with E-state index < -0.39 is 0 Å². The molecule has 0 aliphatic rings. The number of nitrogens with zero attached hydrogens (tertiary/aromatic N) is 3. The maximum Gasteiger partial charge on any atom is 0.202 e. The standard InChI is InChI=1S/C8H8N2S.C7H8N4/c1-9-8-10-6-4-2-3-5-7(6)11-8;1-8-7-10-5-3-2-4-9-6(5)11-7/h2-5H,1H3,(H,9,10);2-4H,1H3,(H2,8,9,10,11). The lowest BCUT2D eigenvalue weighted by Crippen LogP contribution is -1.88. The van der Waals surface area contributed by atoms with Crippen molar-refractivity contribution in [2.45, 2.75) is 0 Å². The first kappa shape index (κ1) is 14.3. The van der Waals surface area contributed by atoms with Crippen LogP contribution in [0.25, 0.3) is 21.4 Å². The molecule has 0 atom stereocenters. The minimum absolute atomic E-state index is 0.747. The molecular formula is C15H16N6S. The van der Waals surface area contributed by atoms with E-state index in [0.717, 1.165) is 27.8 Å². The summed E-state index contributed by atoms with van der Waals surface area (Å²) in [5.74, 6) is 0.749. The molecule has 7 heteroatoms. The summed E-state index contributed by atoms with van der Waals surface area (Å²) in [6.07, 6.45) is 1.72. The van der Waals surface area contributed by atoms with Crippen LogP contribution in [0.1, 0.15) is 0 Å². The molecule has 3 aromatic heterocycles. The molecule has 0 amide bonds. The molecule has 6 nitrogen and oxygen atoms in total. The Morgan fingerprint density at radius 2 is 1.86 bits per heavy atom. The van der Waals surface area contributed by atoms with E-state index in [1.165, 1.54) is 4.70 Å². The fraction of sp³-hybridized carbons (Fsp3) is 0.133. The predicted molar refractivity (Wildman–Crippen MR) is 92.6 cm³/mol. The fourth-order valence-corrected chi connectivity index (χ4v) is 2.76. The maximum absolute atomic E-state index is 4.34. The van der Waals surface area contributed by atoms with E-state index in [-0.39, 0.29) is 0 Å². The number of aromatic amines is 1. The first-order valence-corrected chi connectivity index (χ1v) is 7.63. The van der Waals surface area contributed by atoms with Crippen molar-refractivity contribution in [1.82, 2.24) is 19.9 Å². The van der Waals surface area contributed by atoms with Crippen LogP contribution in [0.5, 0.6) is 0 Å². The van der Waals surface area contributed by atoms with Gasteiger partial charge in [0.15, 0.2) is 10.8 Å². The minimum Gasteiger partial charge on any atom is -0.365 e. The summed E-state index contributed by atoms with van der Waals surface area (Å²) in [5, 5.41) is 6.91. The molecule has 3 N–H and O–H groups in total. The summed E-state index contributed by atoms with van der Waals surface area (Å²) in [5.41, 5.74) is 2.77. The molecule has 0 bridgehead atoms. The zero-order valence-electron chi connectivity index (χ0n) is 12.3. The number of anilines is 2. The second kappa shape index (κ2) is 6.40. The summed E-state index contributed by atoms with van der Waals surface area (Å²) < 4.78 is 1.23. The molecular weight excluding hydrogens is 296 g/mol. The average Bonchev–Trinajstić information content (AvgIpc) is 3.18. The van der Waals surface area contributed by atoms with Gasteiger partial charge in [-0.1, -0.05) is 23.5 Å². The smallest absolute Gasteiger partial charge is 0.202 e. The zero-order chi connectivity index (χ0) is 15.4. The number of thiazole rings is 1. The first-order valence-electron chi connectivity index (χ1n) is 6.82. The Kier molecular flexibility index (Phi) is 4.15. The van der Waals surface area contributed by atoms with Gasteiger partial charge in [-0.15, -0.1) is 0 Å². The molecule has 4 rings (SSSR count). The highest BCUT2D eigenvalue weighted by molar-refractivity contribution is 7.22. The van der Waals surface area contributed by atoms with Crippen LogP contribution in [0, 0.1) is 0 Å². The monoisotopic (exact) mass is 312 g/mol. The first-order chi connectivity index (χ1) is 10.8. The van der Waals surface area contributed by atoms with E-state index in [1.807, 2.05) is 44.4 Å². The number of hydrogen-bond acceptors (Lipinski definition) is 6. The highest BCUT2D eigenvalue weighted by Crippen LogP contribution is 2.24. The van der Waals surface area contributed by atoms with Gasteiger partial charge >= 0.3 is 0 Å². The number of H-pyrrole nitrogens is 1. The quantitative estimate of drug-likeness (QED) is 0.529. The molecule has 3 heterocycles. The number of benzene rings is 1. The highest BCUT2D eigenvalue weighted by atomic mass is 32.1. The minimum atomic E-state index is 0.747. The van der Waals surface area contributed by atoms with E-state index in [1.54, 1.807) is 17.5 Å². The lowest BCUT2D eigenvalue weighted by Gasteiger charge is -1.86. The molecule has 0 saturated heterocycles. The fourth-order valence-electron chi connectivity index (χ4n) is 1.94. The molecule has 0 aliphatic carbocycles. The van der Waals surface area contributed by atoms with Crippen molar-refractivity contribution in [3.8, 4) is 0 Å². The van der Waals surface area contributed by atoms with Gasteiger partial charge in [-0.25, -0.2) is 9.97 Å². The Morgan fingerprint density at radius 1 is 1.00 bits per heavy atom. The third-order valence-electron chi connectivity index (χ3n) is 3.00. The number of pyridine rings is 1. The molecule has 0 aliphatic heterocycles. The van der Waals surface area contributed by atoms with E-state index in [9.17, 15) is 0 Å². The van der Waals surface area contributed by atoms with Crippen LogP contribution in [0.3, 0.4) is 0 Å². The van der Waals surface area contributed by atoms with Gasteiger partial charge in [0, 0.05) is 20.3 Å². The van der Waals surface area contributed by atoms with Gasteiger partial charge in [-0.2, -0.15) is 4.98 Å². The second-order valence-electron chi connectivity index (χ2n) is 4.45. The lowest BCUT2D eigenvalue weighted by atomic mass is 10.3. The van der Waals surface area contributed by atoms with Crippen LogP contribution < -0.4 is 10.6 Å². The normalized spacial score (nSPS) is 10.3. The average molecular weight is 312 g/mol. The Balaban J connectivity index is 0.000000131. The van der Waals surface area contributed by atoms with Gasteiger partial charge < -0.3 is 15.6 Å².